The fourth-order valence-electron chi connectivity index (χ4n) is 10.2. The quantitative estimate of drug-likeness (QED) is 0.170. The first-order valence-electron chi connectivity index (χ1n) is 21.6. The van der Waals surface area contributed by atoms with Crippen LogP contribution in [-0.4, -0.2) is 4.57 Å². The second-order valence-electron chi connectivity index (χ2n) is 16.5. The van der Waals surface area contributed by atoms with E-state index in [0.29, 0.717) is 0 Å². The molecule has 2 aromatic heterocycles. The van der Waals surface area contributed by atoms with Crippen molar-refractivity contribution in [2.24, 2.45) is 0 Å². The van der Waals surface area contributed by atoms with Crippen molar-refractivity contribution in [2.45, 2.75) is 0 Å². The molecule has 63 heavy (non-hydrogen) atoms. The summed E-state index contributed by atoms with van der Waals surface area (Å²) in [5, 5.41) is 16.1. The molecule has 0 atom stereocenters. The lowest BCUT2D eigenvalue weighted by molar-refractivity contribution is 0.666. The van der Waals surface area contributed by atoms with Crippen LogP contribution < -0.4 is 5.32 Å². The molecule has 13 aromatic rings. The van der Waals surface area contributed by atoms with Crippen molar-refractivity contribution >= 4 is 87.4 Å². The summed E-state index contributed by atoms with van der Waals surface area (Å²) in [5.41, 5.74) is 14.1. The number of furan rings is 1. The Morgan fingerprint density at radius 2 is 0.905 bits per heavy atom. The summed E-state index contributed by atoms with van der Waals surface area (Å²) in [6.07, 6.45) is 0. The Morgan fingerprint density at radius 3 is 1.63 bits per heavy atom. The molecule has 294 valence electrons. The highest BCUT2D eigenvalue weighted by molar-refractivity contribution is 6.26. The molecule has 11 aromatic carbocycles. The monoisotopic (exact) mass is 802 g/mol. The molecule has 0 saturated heterocycles. The summed E-state index contributed by atoms with van der Waals surface area (Å²) in [6.45, 7) is 0. The number of anilines is 2. The number of hydrogen-bond donors (Lipinski definition) is 1. The summed E-state index contributed by atoms with van der Waals surface area (Å²) in [5.74, 6) is 0. The minimum Gasteiger partial charge on any atom is -0.454 e. The van der Waals surface area contributed by atoms with Gasteiger partial charge in [0, 0.05) is 38.5 Å². The molecule has 0 spiro atoms. The Bertz CT molecular complexity index is 3900. The Labute approximate surface area is 363 Å². The number of nitrogens with one attached hydrogen (secondary N) is 1. The average Bonchev–Trinajstić information content (AvgIpc) is 3.91. The van der Waals surface area contributed by atoms with Gasteiger partial charge in [-0.15, -0.1) is 0 Å². The van der Waals surface area contributed by atoms with Crippen LogP contribution in [0.2, 0.25) is 0 Å². The van der Waals surface area contributed by atoms with Gasteiger partial charge in [-0.2, -0.15) is 0 Å². The molecule has 0 fully saturated rings. The van der Waals surface area contributed by atoms with Crippen LogP contribution >= 0.6 is 0 Å². The van der Waals surface area contributed by atoms with Crippen LogP contribution in [0.15, 0.2) is 229 Å². The summed E-state index contributed by atoms with van der Waals surface area (Å²) in [7, 11) is 0. The smallest absolute Gasteiger partial charge is 0.160 e. The first-order valence-corrected chi connectivity index (χ1v) is 21.6. The minimum atomic E-state index is 0.877. The van der Waals surface area contributed by atoms with Gasteiger partial charge in [0.15, 0.2) is 5.58 Å². The lowest BCUT2D eigenvalue weighted by Crippen LogP contribution is -1.96. The van der Waals surface area contributed by atoms with E-state index in [2.05, 4.69) is 234 Å². The fraction of sp³-hybridized carbons (Fsp3) is 0. The number of aromatic nitrogens is 1. The topological polar surface area (TPSA) is 30.1 Å². The second-order valence-corrected chi connectivity index (χ2v) is 16.5. The Kier molecular flexibility index (Phi) is 7.91. The molecule has 0 unspecified atom stereocenters. The van der Waals surface area contributed by atoms with Crippen molar-refractivity contribution in [1.82, 2.24) is 4.57 Å². The molecule has 13 rings (SSSR count). The Balaban J connectivity index is 0.992. The predicted molar refractivity (Wildman–Crippen MR) is 267 cm³/mol. The van der Waals surface area contributed by atoms with Gasteiger partial charge in [0.2, 0.25) is 0 Å². The molecule has 2 heterocycles. The van der Waals surface area contributed by atoms with Gasteiger partial charge in [-0.25, -0.2) is 0 Å². The van der Waals surface area contributed by atoms with E-state index >= 15 is 0 Å². The summed E-state index contributed by atoms with van der Waals surface area (Å²) in [4.78, 5) is 0. The van der Waals surface area contributed by atoms with Gasteiger partial charge in [0.25, 0.3) is 0 Å². The lowest BCUT2D eigenvalue weighted by atomic mass is 9.93. The third kappa shape index (κ3) is 5.53. The van der Waals surface area contributed by atoms with Gasteiger partial charge in [-0.05, 0) is 109 Å². The van der Waals surface area contributed by atoms with Crippen LogP contribution in [0, 0.1) is 0 Å². The number of para-hydroxylation sites is 2. The molecule has 0 radical (unpaired) electrons. The lowest BCUT2D eigenvalue weighted by Gasteiger charge is -2.17. The highest BCUT2D eigenvalue weighted by atomic mass is 16.3. The number of fused-ring (bicyclic) bond motifs is 12. The van der Waals surface area contributed by atoms with E-state index in [9.17, 15) is 0 Å². The standard InChI is InChI=1S/C60H38N2O/c1-3-16-38(17-4-1)43-33-35-56(60-59(43)50-25-12-14-29-57(50)63-60)62-54-27-13-11-24-49(54)58-42(26-15-28-55(58)62)40-30-34-53(51(36-40)39-18-5-2-6-19-39)61-41-31-32-48-46-22-8-7-20-44(46)45-21-9-10-23-47(45)52(48)37-41/h1-37,61H. The van der Waals surface area contributed by atoms with Crippen LogP contribution in [-0.2, 0) is 0 Å². The van der Waals surface area contributed by atoms with Crippen molar-refractivity contribution in [3.05, 3.63) is 224 Å². The van der Waals surface area contributed by atoms with Crippen LogP contribution in [0.1, 0.15) is 0 Å². The Morgan fingerprint density at radius 1 is 0.333 bits per heavy atom. The fourth-order valence-corrected chi connectivity index (χ4v) is 10.2. The second kappa shape index (κ2) is 14.1. The van der Waals surface area contributed by atoms with Crippen molar-refractivity contribution < 1.29 is 4.42 Å². The van der Waals surface area contributed by atoms with Crippen LogP contribution in [0.25, 0.3) is 115 Å². The van der Waals surface area contributed by atoms with Gasteiger partial charge >= 0.3 is 0 Å². The summed E-state index contributed by atoms with van der Waals surface area (Å²) in [6, 6.07) is 80.9. The van der Waals surface area contributed by atoms with E-state index in [0.717, 1.165) is 72.3 Å². The third-order valence-corrected chi connectivity index (χ3v) is 13.0. The van der Waals surface area contributed by atoms with Gasteiger partial charge < -0.3 is 14.3 Å². The SMILES string of the molecule is c1ccc(-c2cc(-c3cccc4c3c3ccccc3n4-c3ccc(-c4ccccc4)c4c3oc3ccccc34)ccc2Nc2ccc3c4ccccc4c4ccccc4c3c2)cc1. The highest BCUT2D eigenvalue weighted by Gasteiger charge is 2.22. The molecule has 0 aliphatic carbocycles. The minimum absolute atomic E-state index is 0.877. The Hall–Kier alpha value is -8.40. The maximum Gasteiger partial charge on any atom is 0.160 e. The highest BCUT2D eigenvalue weighted by Crippen LogP contribution is 2.45. The van der Waals surface area contributed by atoms with E-state index in [-0.39, 0.29) is 0 Å². The number of nitrogens with zero attached hydrogens (tertiary/aromatic N) is 1. The van der Waals surface area contributed by atoms with E-state index in [1.807, 2.05) is 0 Å². The third-order valence-electron chi connectivity index (χ3n) is 13.0. The number of rotatable bonds is 6. The molecule has 0 bridgehead atoms. The first kappa shape index (κ1) is 35.4. The van der Waals surface area contributed by atoms with Crippen molar-refractivity contribution in [3.63, 3.8) is 0 Å². The van der Waals surface area contributed by atoms with Gasteiger partial charge in [-0.1, -0.05) is 176 Å². The van der Waals surface area contributed by atoms with Crippen molar-refractivity contribution in [1.29, 1.82) is 0 Å². The van der Waals surface area contributed by atoms with E-state index in [1.54, 1.807) is 0 Å². The predicted octanol–water partition coefficient (Wildman–Crippen LogP) is 16.9. The molecule has 0 amide bonds. The van der Waals surface area contributed by atoms with Crippen LogP contribution in [0.4, 0.5) is 11.4 Å². The number of benzene rings is 11. The molecular weight excluding hydrogens is 765 g/mol. The van der Waals surface area contributed by atoms with Gasteiger partial charge in [-0.3, -0.25) is 0 Å². The van der Waals surface area contributed by atoms with Crippen LogP contribution in [0.3, 0.4) is 0 Å². The molecule has 0 saturated carbocycles. The van der Waals surface area contributed by atoms with Crippen molar-refractivity contribution in [2.75, 3.05) is 5.32 Å². The zero-order valence-corrected chi connectivity index (χ0v) is 34.2. The molecule has 3 nitrogen and oxygen atoms in total. The largest absolute Gasteiger partial charge is 0.454 e. The molecular formula is C60H38N2O. The van der Waals surface area contributed by atoms with Crippen LogP contribution in [0.5, 0.6) is 0 Å². The van der Waals surface area contributed by atoms with Gasteiger partial charge in [0.05, 0.1) is 16.7 Å². The first-order chi connectivity index (χ1) is 31.3. The maximum atomic E-state index is 6.84. The molecule has 3 heteroatoms. The summed E-state index contributed by atoms with van der Waals surface area (Å²) < 4.78 is 9.24. The zero-order chi connectivity index (χ0) is 41.4. The molecule has 0 aliphatic heterocycles. The van der Waals surface area contributed by atoms with E-state index in [4.69, 9.17) is 4.42 Å². The number of hydrogen-bond acceptors (Lipinski definition) is 2. The maximum absolute atomic E-state index is 6.84. The molecule has 0 aliphatic rings. The van der Waals surface area contributed by atoms with E-state index in [1.165, 1.54) is 54.2 Å². The average molecular weight is 803 g/mol. The van der Waals surface area contributed by atoms with E-state index < -0.39 is 0 Å². The molecule has 1 N–H and O–H groups in total. The van der Waals surface area contributed by atoms with Gasteiger partial charge in [0.1, 0.15) is 5.58 Å². The zero-order valence-electron chi connectivity index (χ0n) is 34.2. The normalized spacial score (nSPS) is 11.8. The van der Waals surface area contributed by atoms with Crippen molar-refractivity contribution in [3.8, 4) is 39.1 Å². The summed E-state index contributed by atoms with van der Waals surface area (Å²) >= 11 is 0.